The molecule has 1 aliphatic rings. The maximum absolute atomic E-state index is 2.47. The number of rotatable bonds is 5. The second kappa shape index (κ2) is 14.0. The molecule has 308 valence electrons. The highest BCUT2D eigenvalue weighted by Gasteiger charge is 2.36. The maximum Gasteiger partial charge on any atom is 0.0541 e. The van der Waals surface area contributed by atoms with Crippen LogP contribution in [0.3, 0.4) is 0 Å². The predicted molar refractivity (Wildman–Crippen MR) is 279 cm³/mol. The van der Waals surface area contributed by atoms with Crippen LogP contribution < -0.4 is 0 Å². The van der Waals surface area contributed by atoms with E-state index in [4.69, 9.17) is 0 Å². The van der Waals surface area contributed by atoms with Gasteiger partial charge in [0.1, 0.15) is 0 Å². The second-order valence-corrected chi connectivity index (χ2v) is 18.5. The van der Waals surface area contributed by atoms with Gasteiger partial charge in [-0.05, 0) is 163 Å². The Kier molecular flexibility index (Phi) is 8.12. The topological polar surface area (TPSA) is 9.86 Å². The van der Waals surface area contributed by atoms with Gasteiger partial charge in [-0.1, -0.05) is 147 Å². The van der Waals surface area contributed by atoms with Crippen molar-refractivity contribution in [2.24, 2.45) is 0 Å². The van der Waals surface area contributed by atoms with Crippen molar-refractivity contribution < 1.29 is 0 Å². The summed E-state index contributed by atoms with van der Waals surface area (Å²) in [6, 6.07) is 70.6. The lowest BCUT2D eigenvalue weighted by atomic mass is 9.82. The zero-order valence-electron chi connectivity index (χ0n) is 37.0. The molecule has 2 heteroatoms. The van der Waals surface area contributed by atoms with Crippen molar-refractivity contribution in [1.82, 2.24) is 9.13 Å². The molecule has 0 aliphatic heterocycles. The van der Waals surface area contributed by atoms with Crippen molar-refractivity contribution in [2.75, 3.05) is 0 Å². The highest BCUT2D eigenvalue weighted by molar-refractivity contribution is 6.26. The lowest BCUT2D eigenvalue weighted by Gasteiger charge is -2.21. The Bertz CT molecular complexity index is 4040. The molecule has 0 saturated heterocycles. The molecule has 10 aromatic carbocycles. The molecule has 0 amide bonds. The van der Waals surface area contributed by atoms with Crippen LogP contribution in [0.2, 0.25) is 0 Å². The zero-order valence-corrected chi connectivity index (χ0v) is 37.0. The Balaban J connectivity index is 1.01. The van der Waals surface area contributed by atoms with Crippen molar-refractivity contribution in [3.05, 3.63) is 217 Å². The normalized spacial score (nSPS) is 13.7. The minimum atomic E-state index is -0.0824. The summed E-state index contributed by atoms with van der Waals surface area (Å²) in [5.41, 5.74) is 17.5. The van der Waals surface area contributed by atoms with Gasteiger partial charge in [0.25, 0.3) is 0 Å². The quantitative estimate of drug-likeness (QED) is 0.121. The summed E-state index contributed by atoms with van der Waals surface area (Å²) in [5.74, 6) is 0. The average Bonchev–Trinajstić information content (AvgIpc) is 3.94. The first-order chi connectivity index (χ1) is 31.9. The van der Waals surface area contributed by atoms with Gasteiger partial charge in [0.05, 0.1) is 22.1 Å². The molecule has 0 spiro atoms. The molecule has 2 nitrogen and oxygen atoms in total. The number of hydrogen-bond donors (Lipinski definition) is 0. The molecule has 65 heavy (non-hydrogen) atoms. The van der Waals surface area contributed by atoms with E-state index in [0.717, 1.165) is 0 Å². The van der Waals surface area contributed by atoms with Crippen LogP contribution in [0, 0.1) is 0 Å². The SMILES string of the molecule is C/C=C\C=C(/C)n1c2ccc(-c3ccc4c5ccccc5c5ccc(-c6ccc7c(c6)c6ccccc6n7-c6ccccc6)cc5c4c3)cc2c2cc3c(cc21)C(C)(C)c1ccccc1-3. The van der Waals surface area contributed by atoms with Gasteiger partial charge in [0.2, 0.25) is 0 Å². The van der Waals surface area contributed by atoms with Crippen molar-refractivity contribution in [3.63, 3.8) is 0 Å². The van der Waals surface area contributed by atoms with Gasteiger partial charge < -0.3 is 9.13 Å². The molecule has 0 bridgehead atoms. The van der Waals surface area contributed by atoms with E-state index in [0.29, 0.717) is 0 Å². The Labute approximate surface area is 378 Å². The zero-order chi connectivity index (χ0) is 43.6. The first-order valence-corrected chi connectivity index (χ1v) is 22.9. The molecule has 0 saturated carbocycles. The summed E-state index contributed by atoms with van der Waals surface area (Å²) in [6.07, 6.45) is 6.48. The van der Waals surface area contributed by atoms with E-state index in [1.54, 1.807) is 0 Å². The fraction of sp³-hybridized carbons (Fsp3) is 0.0794. The Hall–Kier alpha value is -7.94. The van der Waals surface area contributed by atoms with Crippen LogP contribution in [-0.4, -0.2) is 9.13 Å². The van der Waals surface area contributed by atoms with Gasteiger partial charge >= 0.3 is 0 Å². The minimum absolute atomic E-state index is 0.0824. The number of nitrogens with zero attached hydrogens (tertiary/aromatic N) is 2. The molecule has 0 radical (unpaired) electrons. The van der Waals surface area contributed by atoms with Gasteiger partial charge in [0.15, 0.2) is 0 Å². The summed E-state index contributed by atoms with van der Waals surface area (Å²) in [5, 5.41) is 12.7. The number of para-hydroxylation sites is 2. The summed E-state index contributed by atoms with van der Waals surface area (Å²) in [7, 11) is 0. The van der Waals surface area contributed by atoms with Crippen molar-refractivity contribution >= 4 is 81.6 Å². The second-order valence-electron chi connectivity index (χ2n) is 18.5. The molecule has 0 unspecified atom stereocenters. The van der Waals surface area contributed by atoms with Crippen LogP contribution in [0.1, 0.15) is 38.8 Å². The van der Waals surface area contributed by atoms with E-state index in [9.17, 15) is 0 Å². The monoisotopic (exact) mass is 830 g/mol. The average molecular weight is 831 g/mol. The number of hydrogen-bond acceptors (Lipinski definition) is 0. The van der Waals surface area contributed by atoms with Crippen LogP contribution in [0.15, 0.2) is 206 Å². The van der Waals surface area contributed by atoms with Crippen LogP contribution >= 0.6 is 0 Å². The molecule has 2 aromatic heterocycles. The smallest absolute Gasteiger partial charge is 0.0541 e. The fourth-order valence-corrected chi connectivity index (χ4v) is 11.4. The standard InChI is InChI=1S/C63H46N2/c1-5-6-16-39(2)64-60-31-27-43(36-55(60)56-37-53-49-21-12-14-23-57(49)63(3,4)58(53)38-62(56)64)41-26-30-48-46-20-11-10-19-45(46)47-29-25-40(33-51(47)52(48)34-41)42-28-32-61-54(35-42)50-22-13-15-24-59(50)65(61)44-17-8-7-9-18-44/h5-38H,1-4H3/b6-5-,39-16+. The number of allylic oxidation sites excluding steroid dienone is 4. The van der Waals surface area contributed by atoms with Gasteiger partial charge in [0, 0.05) is 38.3 Å². The number of aromatic nitrogens is 2. The van der Waals surface area contributed by atoms with Crippen LogP contribution in [0.25, 0.3) is 121 Å². The van der Waals surface area contributed by atoms with Crippen LogP contribution in [0.5, 0.6) is 0 Å². The van der Waals surface area contributed by atoms with E-state index < -0.39 is 0 Å². The molecule has 12 aromatic rings. The van der Waals surface area contributed by atoms with E-state index >= 15 is 0 Å². The molecular formula is C63H46N2. The highest BCUT2D eigenvalue weighted by atomic mass is 15.0. The van der Waals surface area contributed by atoms with E-state index in [-0.39, 0.29) is 5.41 Å². The Morgan fingerprint density at radius 2 is 0.908 bits per heavy atom. The van der Waals surface area contributed by atoms with Gasteiger partial charge in [-0.2, -0.15) is 0 Å². The third-order valence-electron chi connectivity index (χ3n) is 14.5. The van der Waals surface area contributed by atoms with Crippen LogP contribution in [0.4, 0.5) is 0 Å². The van der Waals surface area contributed by atoms with Gasteiger partial charge in [-0.15, -0.1) is 0 Å². The molecule has 0 fully saturated rings. The lowest BCUT2D eigenvalue weighted by Crippen LogP contribution is -2.14. The van der Waals surface area contributed by atoms with Crippen molar-refractivity contribution in [3.8, 4) is 39.1 Å². The maximum atomic E-state index is 2.47. The summed E-state index contributed by atoms with van der Waals surface area (Å²) in [6.45, 7) is 9.05. The first-order valence-electron chi connectivity index (χ1n) is 22.9. The first kappa shape index (κ1) is 37.6. The number of fused-ring (bicyclic) bond motifs is 15. The summed E-state index contributed by atoms with van der Waals surface area (Å²) in [4.78, 5) is 0. The highest BCUT2D eigenvalue weighted by Crippen LogP contribution is 2.51. The Morgan fingerprint density at radius 3 is 1.58 bits per heavy atom. The van der Waals surface area contributed by atoms with E-state index in [1.807, 2.05) is 0 Å². The van der Waals surface area contributed by atoms with Crippen LogP contribution in [-0.2, 0) is 5.41 Å². The molecule has 13 rings (SSSR count). The fourth-order valence-electron chi connectivity index (χ4n) is 11.4. The minimum Gasteiger partial charge on any atom is -0.313 e. The van der Waals surface area contributed by atoms with Crippen molar-refractivity contribution in [2.45, 2.75) is 33.1 Å². The summed E-state index contributed by atoms with van der Waals surface area (Å²) < 4.78 is 4.85. The largest absolute Gasteiger partial charge is 0.313 e. The molecular weight excluding hydrogens is 785 g/mol. The molecule has 0 N–H and O–H groups in total. The predicted octanol–water partition coefficient (Wildman–Crippen LogP) is 17.4. The summed E-state index contributed by atoms with van der Waals surface area (Å²) >= 11 is 0. The van der Waals surface area contributed by atoms with Gasteiger partial charge in [-0.25, -0.2) is 0 Å². The third kappa shape index (κ3) is 5.47. The molecule has 0 atom stereocenters. The third-order valence-corrected chi connectivity index (χ3v) is 14.5. The van der Waals surface area contributed by atoms with Crippen molar-refractivity contribution in [1.29, 1.82) is 0 Å². The Morgan fingerprint density at radius 1 is 0.400 bits per heavy atom. The van der Waals surface area contributed by atoms with E-state index in [1.165, 1.54) is 132 Å². The molecule has 2 heterocycles. The lowest BCUT2D eigenvalue weighted by molar-refractivity contribution is 0.661. The van der Waals surface area contributed by atoms with Gasteiger partial charge in [-0.3, -0.25) is 0 Å². The molecule has 1 aliphatic carbocycles. The number of benzene rings is 10. The van der Waals surface area contributed by atoms with E-state index in [2.05, 4.69) is 243 Å².